The summed E-state index contributed by atoms with van der Waals surface area (Å²) in [6.45, 7) is 3.71. The number of esters is 1. The highest BCUT2D eigenvalue weighted by Crippen LogP contribution is 2.28. The second-order valence-electron chi connectivity index (χ2n) is 3.56. The minimum Gasteiger partial charge on any atom is -0.496 e. The zero-order chi connectivity index (χ0) is 13.5. The average molecular weight is 254 g/mol. The highest BCUT2D eigenvalue weighted by molar-refractivity contribution is 5.74. The Morgan fingerprint density at radius 2 is 1.61 bits per heavy atom. The van der Waals surface area contributed by atoms with Crippen LogP contribution in [0.25, 0.3) is 0 Å². The van der Waals surface area contributed by atoms with Crippen molar-refractivity contribution in [1.29, 1.82) is 0 Å². The Morgan fingerprint density at radius 1 is 1.11 bits per heavy atom. The van der Waals surface area contributed by atoms with Crippen molar-refractivity contribution >= 4 is 5.97 Å². The van der Waals surface area contributed by atoms with E-state index in [4.69, 9.17) is 18.9 Å². The van der Waals surface area contributed by atoms with Crippen molar-refractivity contribution in [3.05, 3.63) is 18.2 Å². The van der Waals surface area contributed by atoms with E-state index in [-0.39, 0.29) is 0 Å². The van der Waals surface area contributed by atoms with E-state index in [0.29, 0.717) is 23.9 Å². The van der Waals surface area contributed by atoms with Crippen molar-refractivity contribution in [3.63, 3.8) is 0 Å². The third-order valence-corrected chi connectivity index (χ3v) is 2.26. The predicted octanol–water partition coefficient (Wildman–Crippen LogP) is 2.03. The third kappa shape index (κ3) is 3.84. The fourth-order valence-corrected chi connectivity index (χ4v) is 1.36. The molecule has 0 aliphatic rings. The molecule has 0 amide bonds. The third-order valence-electron chi connectivity index (χ3n) is 2.26. The van der Waals surface area contributed by atoms with E-state index in [1.807, 2.05) is 0 Å². The number of benzene rings is 1. The zero-order valence-electron chi connectivity index (χ0n) is 11.1. The Balaban J connectivity index is 2.79. The van der Waals surface area contributed by atoms with E-state index in [9.17, 15) is 4.79 Å². The number of hydrogen-bond acceptors (Lipinski definition) is 5. The highest BCUT2D eigenvalue weighted by atomic mass is 16.6. The van der Waals surface area contributed by atoms with Crippen molar-refractivity contribution in [2.24, 2.45) is 0 Å². The van der Waals surface area contributed by atoms with Gasteiger partial charge in [0, 0.05) is 18.2 Å². The fraction of sp³-hybridized carbons (Fsp3) is 0.462. The van der Waals surface area contributed by atoms with Crippen LogP contribution < -0.4 is 14.2 Å². The minimum atomic E-state index is -0.679. The van der Waals surface area contributed by atoms with Crippen LogP contribution >= 0.6 is 0 Å². The molecule has 0 aliphatic heterocycles. The molecule has 0 N–H and O–H groups in total. The van der Waals surface area contributed by atoms with Crippen LogP contribution in [0.4, 0.5) is 0 Å². The van der Waals surface area contributed by atoms with Crippen LogP contribution in [0.1, 0.15) is 13.8 Å². The van der Waals surface area contributed by atoms with Gasteiger partial charge in [-0.25, -0.2) is 4.79 Å². The van der Waals surface area contributed by atoms with Gasteiger partial charge in [-0.05, 0) is 13.8 Å². The second-order valence-corrected chi connectivity index (χ2v) is 3.56. The quantitative estimate of drug-likeness (QED) is 0.727. The van der Waals surface area contributed by atoms with Crippen LogP contribution in [0, 0.1) is 0 Å². The molecule has 0 saturated carbocycles. The lowest BCUT2D eigenvalue weighted by Crippen LogP contribution is -2.26. The molecule has 0 bridgehead atoms. The average Bonchev–Trinajstić information content (AvgIpc) is 2.38. The topological polar surface area (TPSA) is 54.0 Å². The summed E-state index contributed by atoms with van der Waals surface area (Å²) in [6.07, 6.45) is -0.679. The molecule has 0 aliphatic carbocycles. The Hall–Kier alpha value is -1.91. The van der Waals surface area contributed by atoms with Crippen LogP contribution in [-0.4, -0.2) is 32.9 Å². The summed E-state index contributed by atoms with van der Waals surface area (Å²) in [5.41, 5.74) is 0. The van der Waals surface area contributed by atoms with Gasteiger partial charge in [0.1, 0.15) is 17.2 Å². The molecule has 0 aromatic heterocycles. The van der Waals surface area contributed by atoms with Crippen LogP contribution in [0.5, 0.6) is 17.2 Å². The summed E-state index contributed by atoms with van der Waals surface area (Å²) < 4.78 is 20.6. The molecule has 1 aromatic rings. The van der Waals surface area contributed by atoms with E-state index in [0.717, 1.165) is 0 Å². The maximum atomic E-state index is 11.4. The maximum absolute atomic E-state index is 11.4. The van der Waals surface area contributed by atoms with Crippen LogP contribution in [0.15, 0.2) is 18.2 Å². The minimum absolute atomic E-state index is 0.327. The molecule has 5 heteroatoms. The number of carbonyl (C=O) groups is 1. The van der Waals surface area contributed by atoms with Gasteiger partial charge in [-0.1, -0.05) is 0 Å². The molecule has 0 radical (unpaired) electrons. The van der Waals surface area contributed by atoms with Crippen molar-refractivity contribution in [2.75, 3.05) is 20.8 Å². The number of hydrogen-bond donors (Lipinski definition) is 0. The molecular weight excluding hydrogens is 236 g/mol. The Bertz CT molecular complexity index is 380. The Labute approximate surface area is 107 Å². The van der Waals surface area contributed by atoms with Gasteiger partial charge in [0.2, 0.25) is 0 Å². The molecule has 0 saturated heterocycles. The largest absolute Gasteiger partial charge is 0.496 e. The van der Waals surface area contributed by atoms with Crippen LogP contribution in [0.2, 0.25) is 0 Å². The smallest absolute Gasteiger partial charge is 0.347 e. The lowest BCUT2D eigenvalue weighted by atomic mass is 10.3. The molecule has 100 valence electrons. The molecule has 1 rings (SSSR count). The SMILES string of the molecule is CCOC(=O)C(C)Oc1cc(OC)cc(OC)c1. The molecule has 0 heterocycles. The second kappa shape index (κ2) is 6.74. The van der Waals surface area contributed by atoms with Gasteiger partial charge in [-0.15, -0.1) is 0 Å². The standard InChI is InChI=1S/C13H18O5/c1-5-17-13(14)9(2)18-12-7-10(15-3)6-11(8-12)16-4/h6-9H,5H2,1-4H3. The van der Waals surface area contributed by atoms with Crippen molar-refractivity contribution in [1.82, 2.24) is 0 Å². The molecule has 1 unspecified atom stereocenters. The lowest BCUT2D eigenvalue weighted by Gasteiger charge is -2.14. The van der Waals surface area contributed by atoms with Crippen molar-refractivity contribution in [2.45, 2.75) is 20.0 Å². The van der Waals surface area contributed by atoms with E-state index < -0.39 is 12.1 Å². The first-order valence-corrected chi connectivity index (χ1v) is 5.67. The summed E-state index contributed by atoms with van der Waals surface area (Å²) in [4.78, 5) is 11.4. The highest BCUT2D eigenvalue weighted by Gasteiger charge is 2.16. The van der Waals surface area contributed by atoms with E-state index in [1.54, 1.807) is 46.3 Å². The van der Waals surface area contributed by atoms with Gasteiger partial charge in [0.15, 0.2) is 6.10 Å². The fourth-order valence-electron chi connectivity index (χ4n) is 1.36. The molecule has 5 nitrogen and oxygen atoms in total. The van der Waals surface area contributed by atoms with Crippen molar-refractivity contribution in [3.8, 4) is 17.2 Å². The van der Waals surface area contributed by atoms with Gasteiger partial charge < -0.3 is 18.9 Å². The van der Waals surface area contributed by atoms with E-state index in [1.165, 1.54) is 0 Å². The van der Waals surface area contributed by atoms with E-state index >= 15 is 0 Å². The van der Waals surface area contributed by atoms with Gasteiger partial charge in [0.05, 0.1) is 20.8 Å². The summed E-state index contributed by atoms with van der Waals surface area (Å²) in [7, 11) is 3.10. The zero-order valence-corrected chi connectivity index (χ0v) is 11.1. The summed E-state index contributed by atoms with van der Waals surface area (Å²) in [6, 6.07) is 5.08. The molecule has 18 heavy (non-hydrogen) atoms. The van der Waals surface area contributed by atoms with Gasteiger partial charge >= 0.3 is 5.97 Å². The first-order valence-electron chi connectivity index (χ1n) is 5.67. The summed E-state index contributed by atoms with van der Waals surface area (Å²) in [5.74, 6) is 1.28. The monoisotopic (exact) mass is 254 g/mol. The van der Waals surface area contributed by atoms with Crippen LogP contribution in [0.3, 0.4) is 0 Å². The summed E-state index contributed by atoms with van der Waals surface area (Å²) >= 11 is 0. The van der Waals surface area contributed by atoms with Gasteiger partial charge in [-0.2, -0.15) is 0 Å². The number of methoxy groups -OCH3 is 2. The summed E-state index contributed by atoms with van der Waals surface area (Å²) in [5, 5.41) is 0. The molecule has 0 fully saturated rings. The van der Waals surface area contributed by atoms with Gasteiger partial charge in [0.25, 0.3) is 0 Å². The Kier molecular flexibility index (Phi) is 5.30. The number of rotatable bonds is 6. The molecule has 1 aromatic carbocycles. The molecule has 1 atom stereocenters. The number of ether oxygens (including phenoxy) is 4. The Morgan fingerprint density at radius 3 is 2.06 bits per heavy atom. The van der Waals surface area contributed by atoms with Crippen LogP contribution in [-0.2, 0) is 9.53 Å². The van der Waals surface area contributed by atoms with E-state index in [2.05, 4.69) is 0 Å². The lowest BCUT2D eigenvalue weighted by molar-refractivity contribution is -0.150. The first-order chi connectivity index (χ1) is 8.60. The van der Waals surface area contributed by atoms with Gasteiger partial charge in [-0.3, -0.25) is 0 Å². The molecular formula is C13H18O5. The number of carbonyl (C=O) groups excluding carboxylic acids is 1. The van der Waals surface area contributed by atoms with Crippen molar-refractivity contribution < 1.29 is 23.7 Å². The first kappa shape index (κ1) is 14.2. The predicted molar refractivity (Wildman–Crippen MR) is 66.3 cm³/mol. The molecule has 0 spiro atoms. The maximum Gasteiger partial charge on any atom is 0.347 e. The normalized spacial score (nSPS) is 11.6.